The Hall–Kier alpha value is -0.610. The van der Waals surface area contributed by atoms with Crippen LogP contribution in [-0.2, 0) is 4.79 Å². The molecule has 0 heterocycles. The molecule has 2 N–H and O–H groups in total. The van der Waals surface area contributed by atoms with Crippen LogP contribution in [0.25, 0.3) is 0 Å². The predicted octanol–water partition coefficient (Wildman–Crippen LogP) is 0.779. The van der Waals surface area contributed by atoms with E-state index in [1.807, 2.05) is 7.05 Å². The molecule has 2 saturated carbocycles. The summed E-state index contributed by atoms with van der Waals surface area (Å²) in [5.74, 6) is 0.907. The van der Waals surface area contributed by atoms with Gasteiger partial charge in [0.1, 0.15) is 6.04 Å². The van der Waals surface area contributed by atoms with Crippen molar-refractivity contribution < 1.29 is 9.90 Å². The van der Waals surface area contributed by atoms with Crippen LogP contribution in [0.5, 0.6) is 0 Å². The lowest BCUT2D eigenvalue weighted by atomic mass is 10.2. The van der Waals surface area contributed by atoms with Gasteiger partial charge in [0.2, 0.25) is 0 Å². The van der Waals surface area contributed by atoms with Crippen molar-refractivity contribution in [3.8, 4) is 0 Å². The van der Waals surface area contributed by atoms with E-state index in [-0.39, 0.29) is 0 Å². The molecule has 92 valence electrons. The summed E-state index contributed by atoms with van der Waals surface area (Å²) in [6.45, 7) is 3.92. The van der Waals surface area contributed by atoms with Crippen LogP contribution in [0.15, 0.2) is 0 Å². The summed E-state index contributed by atoms with van der Waals surface area (Å²) in [5, 5.41) is 12.3. The van der Waals surface area contributed by atoms with Gasteiger partial charge in [0.25, 0.3) is 0 Å². The molecular weight excluding hydrogens is 204 g/mol. The van der Waals surface area contributed by atoms with Crippen LogP contribution in [0.1, 0.15) is 26.2 Å². The van der Waals surface area contributed by atoms with Gasteiger partial charge in [-0.15, -0.1) is 0 Å². The van der Waals surface area contributed by atoms with E-state index in [9.17, 15) is 4.79 Å². The quantitative estimate of drug-likeness (QED) is 0.673. The summed E-state index contributed by atoms with van der Waals surface area (Å²) >= 11 is 0. The molecule has 0 aliphatic heterocycles. The Morgan fingerprint density at radius 2 is 2.19 bits per heavy atom. The van der Waals surface area contributed by atoms with E-state index < -0.39 is 12.0 Å². The number of hydrogen-bond donors (Lipinski definition) is 2. The number of nitrogens with zero attached hydrogens (tertiary/aromatic N) is 1. The maximum Gasteiger partial charge on any atom is 0.322 e. The zero-order chi connectivity index (χ0) is 11.7. The average molecular weight is 226 g/mol. The number of carboxylic acids is 1. The summed E-state index contributed by atoms with van der Waals surface area (Å²) in [7, 11) is 2.02. The van der Waals surface area contributed by atoms with E-state index in [0.717, 1.165) is 31.2 Å². The lowest BCUT2D eigenvalue weighted by Gasteiger charge is -2.22. The van der Waals surface area contributed by atoms with E-state index in [2.05, 4.69) is 17.1 Å². The van der Waals surface area contributed by atoms with Crippen LogP contribution < -0.4 is 5.32 Å². The van der Waals surface area contributed by atoms with Crippen LogP contribution >= 0.6 is 0 Å². The Morgan fingerprint density at radius 3 is 2.62 bits per heavy atom. The van der Waals surface area contributed by atoms with Crippen molar-refractivity contribution in [2.45, 2.75) is 38.3 Å². The summed E-state index contributed by atoms with van der Waals surface area (Å²) in [4.78, 5) is 13.2. The van der Waals surface area contributed by atoms with E-state index in [1.165, 1.54) is 6.42 Å². The summed E-state index contributed by atoms with van der Waals surface area (Å²) in [6.07, 6.45) is 3.57. The van der Waals surface area contributed by atoms with E-state index in [0.29, 0.717) is 12.6 Å². The van der Waals surface area contributed by atoms with Gasteiger partial charge in [-0.2, -0.15) is 0 Å². The van der Waals surface area contributed by atoms with Crippen molar-refractivity contribution in [1.29, 1.82) is 0 Å². The Kier molecular flexibility index (Phi) is 3.50. The Morgan fingerprint density at radius 1 is 1.56 bits per heavy atom. The third-order valence-electron chi connectivity index (χ3n) is 3.63. The smallest absolute Gasteiger partial charge is 0.322 e. The molecule has 4 nitrogen and oxygen atoms in total. The van der Waals surface area contributed by atoms with Crippen LogP contribution in [0.3, 0.4) is 0 Å². The predicted molar refractivity (Wildman–Crippen MR) is 62.3 cm³/mol. The van der Waals surface area contributed by atoms with Crippen LogP contribution in [-0.4, -0.2) is 48.2 Å². The van der Waals surface area contributed by atoms with Gasteiger partial charge in [-0.25, -0.2) is 0 Å². The van der Waals surface area contributed by atoms with Gasteiger partial charge in [-0.3, -0.25) is 4.79 Å². The molecule has 3 atom stereocenters. The highest BCUT2D eigenvalue weighted by atomic mass is 16.4. The minimum Gasteiger partial charge on any atom is -0.480 e. The fourth-order valence-corrected chi connectivity index (χ4v) is 2.18. The van der Waals surface area contributed by atoms with E-state index >= 15 is 0 Å². The molecule has 3 unspecified atom stereocenters. The number of rotatable bonds is 7. The number of likely N-dealkylation sites (N-methyl/N-ethyl adjacent to an activating group) is 1. The second-order valence-corrected chi connectivity index (χ2v) is 5.53. The van der Waals surface area contributed by atoms with Gasteiger partial charge in [0, 0.05) is 19.1 Å². The zero-order valence-electron chi connectivity index (χ0n) is 10.1. The van der Waals surface area contributed by atoms with Crippen molar-refractivity contribution in [1.82, 2.24) is 10.2 Å². The molecule has 4 heteroatoms. The van der Waals surface area contributed by atoms with Crippen molar-refractivity contribution >= 4 is 5.97 Å². The number of aliphatic carboxylic acids is 1. The zero-order valence-corrected chi connectivity index (χ0v) is 10.1. The molecule has 2 fully saturated rings. The molecule has 0 aromatic carbocycles. The average Bonchev–Trinajstić information content (AvgIpc) is 3.06. The fourth-order valence-electron chi connectivity index (χ4n) is 2.18. The highest BCUT2D eigenvalue weighted by molar-refractivity contribution is 5.73. The third-order valence-corrected chi connectivity index (χ3v) is 3.63. The van der Waals surface area contributed by atoms with Crippen molar-refractivity contribution in [3.63, 3.8) is 0 Å². The largest absolute Gasteiger partial charge is 0.480 e. The van der Waals surface area contributed by atoms with E-state index in [1.54, 1.807) is 0 Å². The van der Waals surface area contributed by atoms with Crippen LogP contribution in [0.2, 0.25) is 0 Å². The molecule has 16 heavy (non-hydrogen) atoms. The minimum atomic E-state index is -0.720. The second kappa shape index (κ2) is 4.72. The Balaban J connectivity index is 1.72. The van der Waals surface area contributed by atoms with E-state index in [4.69, 9.17) is 5.11 Å². The monoisotopic (exact) mass is 226 g/mol. The second-order valence-electron chi connectivity index (χ2n) is 5.53. The summed E-state index contributed by atoms with van der Waals surface area (Å²) in [6, 6.07) is 0.0564. The molecule has 0 spiro atoms. The molecule has 0 aromatic heterocycles. The lowest BCUT2D eigenvalue weighted by molar-refractivity contribution is -0.140. The SMILES string of the molecule is CC1CC1CN(C)CC(NC1CC1)C(=O)O. The van der Waals surface area contributed by atoms with Crippen molar-refractivity contribution in [3.05, 3.63) is 0 Å². The number of carboxylic acid groups (broad SMARTS) is 1. The molecule has 0 amide bonds. The third kappa shape index (κ3) is 3.46. The first-order valence-electron chi connectivity index (χ1n) is 6.23. The Bertz CT molecular complexity index is 266. The molecule has 0 aromatic rings. The standard InChI is InChI=1S/C12H22N2O2/c1-8-5-9(8)6-14(2)7-11(12(15)16)13-10-3-4-10/h8-11,13H,3-7H2,1-2H3,(H,15,16). The van der Waals surface area contributed by atoms with Crippen molar-refractivity contribution in [2.75, 3.05) is 20.1 Å². The molecule has 2 aliphatic carbocycles. The summed E-state index contributed by atoms with van der Waals surface area (Å²) < 4.78 is 0. The Labute approximate surface area is 97.0 Å². The van der Waals surface area contributed by atoms with Gasteiger partial charge < -0.3 is 15.3 Å². The number of nitrogens with one attached hydrogen (secondary N) is 1. The topological polar surface area (TPSA) is 52.6 Å². The van der Waals surface area contributed by atoms with Gasteiger partial charge in [-0.1, -0.05) is 6.92 Å². The molecule has 0 bridgehead atoms. The first kappa shape index (κ1) is 11.9. The normalized spacial score (nSPS) is 30.4. The molecule has 2 rings (SSSR count). The first-order valence-corrected chi connectivity index (χ1v) is 6.23. The molecule has 2 aliphatic rings. The minimum absolute atomic E-state index is 0.397. The van der Waals surface area contributed by atoms with Gasteiger partial charge in [-0.05, 0) is 38.1 Å². The van der Waals surface area contributed by atoms with Crippen molar-refractivity contribution in [2.24, 2.45) is 11.8 Å². The van der Waals surface area contributed by atoms with Gasteiger partial charge in [0.05, 0.1) is 0 Å². The lowest BCUT2D eigenvalue weighted by Crippen LogP contribution is -2.46. The first-order chi connectivity index (χ1) is 7.56. The highest BCUT2D eigenvalue weighted by Crippen LogP contribution is 2.37. The van der Waals surface area contributed by atoms with Crippen LogP contribution in [0, 0.1) is 11.8 Å². The fraction of sp³-hybridized carbons (Fsp3) is 0.917. The van der Waals surface area contributed by atoms with Crippen LogP contribution in [0.4, 0.5) is 0 Å². The number of hydrogen-bond acceptors (Lipinski definition) is 3. The summed E-state index contributed by atoms with van der Waals surface area (Å²) in [5.41, 5.74) is 0. The molecule has 0 saturated heterocycles. The van der Waals surface area contributed by atoms with Gasteiger partial charge in [0.15, 0.2) is 0 Å². The maximum absolute atomic E-state index is 11.1. The maximum atomic E-state index is 11.1. The van der Waals surface area contributed by atoms with Gasteiger partial charge >= 0.3 is 5.97 Å². The highest BCUT2D eigenvalue weighted by Gasteiger charge is 2.34. The molecular formula is C12H22N2O2. The molecule has 0 radical (unpaired) electrons. The number of carbonyl (C=O) groups is 1.